The highest BCUT2D eigenvalue weighted by molar-refractivity contribution is 6.90. The Kier molecular flexibility index (Phi) is 8.57. The van der Waals surface area contributed by atoms with E-state index in [2.05, 4.69) is 102 Å². The van der Waals surface area contributed by atoms with Gasteiger partial charge in [-0.1, -0.05) is 84.0 Å². The zero-order valence-electron chi connectivity index (χ0n) is 16.8. The van der Waals surface area contributed by atoms with Crippen molar-refractivity contribution in [1.29, 1.82) is 0 Å². The van der Waals surface area contributed by atoms with Gasteiger partial charge in [0, 0.05) is 5.92 Å². The maximum absolute atomic E-state index is 3.83. The van der Waals surface area contributed by atoms with E-state index >= 15 is 0 Å². The lowest BCUT2D eigenvalue weighted by Gasteiger charge is -2.38. The highest BCUT2D eigenvalue weighted by atomic mass is 28.3. The molecule has 0 radical (unpaired) electrons. The molecule has 0 N–H and O–H groups in total. The normalized spacial score (nSPS) is 13.6. The van der Waals surface area contributed by atoms with Crippen molar-refractivity contribution in [3.05, 3.63) is 48.0 Å². The molecule has 132 valence electrons. The third-order valence-electron chi connectivity index (χ3n) is 5.25. The molecule has 0 fully saturated rings. The van der Waals surface area contributed by atoms with Crippen LogP contribution in [0.2, 0.25) is 16.6 Å². The summed E-state index contributed by atoms with van der Waals surface area (Å²) in [5, 5.41) is 0. The average molecular weight is 341 g/mol. The van der Waals surface area contributed by atoms with Crippen LogP contribution < -0.4 is 0 Å². The van der Waals surface area contributed by atoms with Crippen LogP contribution in [0.1, 0.15) is 60.5 Å². The van der Waals surface area contributed by atoms with Crippen molar-refractivity contribution in [3.8, 4) is 11.5 Å². The Hall–Kier alpha value is -1.26. The molecule has 0 saturated carbocycles. The Bertz CT molecular complexity index is 533. The van der Waals surface area contributed by atoms with Crippen molar-refractivity contribution >= 4 is 8.07 Å². The predicted molar refractivity (Wildman–Crippen MR) is 112 cm³/mol. The molecular formula is C23H36Si. The van der Waals surface area contributed by atoms with E-state index in [4.69, 9.17) is 0 Å². The smallest absolute Gasteiger partial charge is 0.130 e. The minimum atomic E-state index is -1.59. The first kappa shape index (κ1) is 20.8. The third-order valence-corrected chi connectivity index (χ3v) is 11.6. The van der Waals surface area contributed by atoms with E-state index < -0.39 is 8.07 Å². The summed E-state index contributed by atoms with van der Waals surface area (Å²) >= 11 is 0. The number of hydrogen-bond acceptors (Lipinski definition) is 0. The van der Waals surface area contributed by atoms with E-state index in [0.29, 0.717) is 22.5 Å². The Morgan fingerprint density at radius 2 is 1.42 bits per heavy atom. The lowest BCUT2D eigenvalue weighted by atomic mass is 10.1. The van der Waals surface area contributed by atoms with Crippen molar-refractivity contribution in [2.45, 2.75) is 77.9 Å². The second-order valence-electron chi connectivity index (χ2n) is 7.91. The molecule has 1 heteroatoms. The second kappa shape index (κ2) is 9.89. The Labute approximate surface area is 151 Å². The molecule has 0 nitrogen and oxygen atoms in total. The molecule has 1 aromatic rings. The summed E-state index contributed by atoms with van der Waals surface area (Å²) in [6.45, 7) is 16.5. The fraction of sp³-hybridized carbons (Fsp3) is 0.565. The van der Waals surface area contributed by atoms with E-state index in [9.17, 15) is 0 Å². The summed E-state index contributed by atoms with van der Waals surface area (Å²) < 4.78 is 0. The number of hydrogen-bond donors (Lipinski definition) is 0. The summed E-state index contributed by atoms with van der Waals surface area (Å²) in [5.74, 6) is 3.94. The Balaban J connectivity index is 2.70. The van der Waals surface area contributed by atoms with Gasteiger partial charge in [-0.05, 0) is 42.0 Å². The molecule has 0 aliphatic rings. The summed E-state index contributed by atoms with van der Waals surface area (Å²) in [4.78, 5) is 0. The summed E-state index contributed by atoms with van der Waals surface area (Å²) in [7, 11) is -1.59. The van der Waals surface area contributed by atoms with E-state index in [1.165, 1.54) is 5.56 Å². The standard InChI is InChI=1S/C23H36Si/c1-19(2)24(20(3)4,21(5)6)18-17-22(7)13-11-12-16-23-14-9-8-10-15-23/h8-11,13-15,19-22H,12,16H2,1-7H3/b13-11+. The van der Waals surface area contributed by atoms with E-state index in [0.717, 1.165) is 12.8 Å². The summed E-state index contributed by atoms with van der Waals surface area (Å²) in [6, 6.07) is 10.7. The highest BCUT2D eigenvalue weighted by Crippen LogP contribution is 2.40. The molecule has 1 rings (SSSR count). The number of rotatable bonds is 7. The van der Waals surface area contributed by atoms with Gasteiger partial charge >= 0.3 is 0 Å². The minimum Gasteiger partial charge on any atom is -0.130 e. The third kappa shape index (κ3) is 5.67. The molecule has 24 heavy (non-hydrogen) atoms. The van der Waals surface area contributed by atoms with Crippen molar-refractivity contribution in [3.63, 3.8) is 0 Å². The molecule has 1 unspecified atom stereocenters. The van der Waals surface area contributed by atoms with Gasteiger partial charge in [0.05, 0.1) is 0 Å². The topological polar surface area (TPSA) is 0 Å². The van der Waals surface area contributed by atoms with Crippen LogP contribution in [0.25, 0.3) is 0 Å². The zero-order chi connectivity index (χ0) is 18.2. The van der Waals surface area contributed by atoms with Crippen LogP contribution >= 0.6 is 0 Å². The quantitative estimate of drug-likeness (QED) is 0.284. The molecule has 0 aromatic heterocycles. The summed E-state index contributed by atoms with van der Waals surface area (Å²) in [5.41, 5.74) is 7.36. The first-order valence-electron chi connectivity index (χ1n) is 9.54. The molecule has 0 heterocycles. The average Bonchev–Trinajstić information content (AvgIpc) is 2.52. The van der Waals surface area contributed by atoms with Gasteiger partial charge in [0.15, 0.2) is 0 Å². The first-order chi connectivity index (χ1) is 11.3. The van der Waals surface area contributed by atoms with E-state index in [1.54, 1.807) is 0 Å². The van der Waals surface area contributed by atoms with Gasteiger partial charge in [0.1, 0.15) is 8.07 Å². The minimum absolute atomic E-state index is 0.351. The van der Waals surface area contributed by atoms with Gasteiger partial charge in [0.25, 0.3) is 0 Å². The lowest BCUT2D eigenvalue weighted by Crippen LogP contribution is -2.43. The van der Waals surface area contributed by atoms with Gasteiger partial charge in [-0.25, -0.2) is 0 Å². The molecule has 0 saturated heterocycles. The molecule has 0 aliphatic heterocycles. The molecule has 0 aliphatic carbocycles. The molecule has 1 atom stereocenters. The predicted octanol–water partition coefficient (Wildman–Crippen LogP) is 7.03. The monoisotopic (exact) mass is 340 g/mol. The van der Waals surface area contributed by atoms with Crippen molar-refractivity contribution < 1.29 is 0 Å². The maximum atomic E-state index is 3.83. The second-order valence-corrected chi connectivity index (χ2v) is 13.5. The Morgan fingerprint density at radius 3 is 1.92 bits per heavy atom. The molecule has 0 bridgehead atoms. The van der Waals surface area contributed by atoms with Crippen LogP contribution in [-0.4, -0.2) is 8.07 Å². The van der Waals surface area contributed by atoms with Crippen LogP contribution in [0.15, 0.2) is 42.5 Å². The van der Waals surface area contributed by atoms with Crippen LogP contribution in [0.5, 0.6) is 0 Å². The first-order valence-corrected chi connectivity index (χ1v) is 11.8. The largest absolute Gasteiger partial charge is 0.145 e. The van der Waals surface area contributed by atoms with Crippen LogP contribution in [-0.2, 0) is 6.42 Å². The van der Waals surface area contributed by atoms with E-state index in [-0.39, 0.29) is 0 Å². The fourth-order valence-corrected chi connectivity index (χ4v) is 9.26. The number of aryl methyl sites for hydroxylation is 1. The van der Waals surface area contributed by atoms with Gasteiger partial charge in [-0.3, -0.25) is 0 Å². The van der Waals surface area contributed by atoms with Gasteiger partial charge in [-0.2, -0.15) is 0 Å². The van der Waals surface area contributed by atoms with Gasteiger partial charge < -0.3 is 0 Å². The van der Waals surface area contributed by atoms with Crippen LogP contribution in [0, 0.1) is 17.4 Å². The summed E-state index contributed by atoms with van der Waals surface area (Å²) in [6.07, 6.45) is 6.79. The molecular weight excluding hydrogens is 304 g/mol. The van der Waals surface area contributed by atoms with Gasteiger partial charge in [-0.15, -0.1) is 11.5 Å². The SMILES string of the molecule is CC(C#C[Si](C(C)C)(C(C)C)C(C)C)/C=C/CCc1ccccc1. The number of benzene rings is 1. The van der Waals surface area contributed by atoms with Crippen molar-refractivity contribution in [2.75, 3.05) is 0 Å². The van der Waals surface area contributed by atoms with Gasteiger partial charge in [0.2, 0.25) is 0 Å². The van der Waals surface area contributed by atoms with E-state index in [1.807, 2.05) is 0 Å². The highest BCUT2D eigenvalue weighted by Gasteiger charge is 2.41. The van der Waals surface area contributed by atoms with Crippen LogP contribution in [0.4, 0.5) is 0 Å². The Morgan fingerprint density at radius 1 is 0.875 bits per heavy atom. The zero-order valence-corrected chi connectivity index (χ0v) is 17.8. The van der Waals surface area contributed by atoms with Crippen molar-refractivity contribution in [1.82, 2.24) is 0 Å². The molecule has 0 spiro atoms. The van der Waals surface area contributed by atoms with Crippen molar-refractivity contribution in [2.24, 2.45) is 5.92 Å². The molecule has 0 amide bonds. The number of allylic oxidation sites excluding steroid dienone is 2. The van der Waals surface area contributed by atoms with Crippen LogP contribution in [0.3, 0.4) is 0 Å². The maximum Gasteiger partial charge on any atom is 0.145 e. The fourth-order valence-electron chi connectivity index (χ4n) is 3.91. The lowest BCUT2D eigenvalue weighted by molar-refractivity contribution is 0.837. The molecule has 1 aromatic carbocycles.